The molecule has 0 radical (unpaired) electrons. The van der Waals surface area contributed by atoms with Crippen molar-refractivity contribution in [2.24, 2.45) is 0 Å². The second-order valence-electron chi connectivity index (χ2n) is 6.73. The number of hydrogen-bond acceptors (Lipinski definition) is 6. The van der Waals surface area contributed by atoms with Gasteiger partial charge in [-0.15, -0.1) is 0 Å². The summed E-state index contributed by atoms with van der Waals surface area (Å²) < 4.78 is 21.7. The van der Waals surface area contributed by atoms with Gasteiger partial charge >= 0.3 is 0 Å². The second-order valence-corrected chi connectivity index (χ2v) is 6.73. The fourth-order valence-electron chi connectivity index (χ4n) is 2.88. The van der Waals surface area contributed by atoms with Gasteiger partial charge in [-0.05, 0) is 55.5 Å². The molecule has 7 heteroatoms. The molecule has 0 saturated carbocycles. The van der Waals surface area contributed by atoms with E-state index in [-0.39, 0.29) is 5.91 Å². The number of methoxy groups -OCH3 is 3. The fraction of sp³-hybridized carbons (Fsp3) is 0.208. The topological polar surface area (TPSA) is 78.1 Å². The first-order valence-corrected chi connectivity index (χ1v) is 9.73. The molecule has 7 nitrogen and oxygen atoms in total. The average molecular weight is 422 g/mol. The smallest absolute Gasteiger partial charge is 0.246 e. The summed E-state index contributed by atoms with van der Waals surface area (Å²) in [4.78, 5) is 12.6. The molecule has 0 spiro atoms. The molecule has 0 unspecified atom stereocenters. The molecule has 3 aromatic carbocycles. The molecule has 2 N–H and O–H groups in total. The Balaban J connectivity index is 1.70. The molecule has 0 heterocycles. The van der Waals surface area contributed by atoms with Gasteiger partial charge in [0.25, 0.3) is 0 Å². The van der Waals surface area contributed by atoms with Crippen molar-refractivity contribution in [2.45, 2.75) is 13.0 Å². The van der Waals surface area contributed by atoms with Gasteiger partial charge in [0.2, 0.25) is 5.91 Å². The van der Waals surface area contributed by atoms with Crippen molar-refractivity contribution in [3.05, 3.63) is 66.7 Å². The van der Waals surface area contributed by atoms with E-state index in [0.29, 0.717) is 28.7 Å². The zero-order chi connectivity index (χ0) is 22.2. The van der Waals surface area contributed by atoms with E-state index in [4.69, 9.17) is 18.9 Å². The molecular formula is C24H26N2O5. The summed E-state index contributed by atoms with van der Waals surface area (Å²) >= 11 is 0. The molecule has 0 fully saturated rings. The minimum absolute atomic E-state index is 0.179. The van der Waals surface area contributed by atoms with Crippen molar-refractivity contribution < 1.29 is 23.7 Å². The van der Waals surface area contributed by atoms with Crippen LogP contribution in [0.2, 0.25) is 0 Å². The molecular weight excluding hydrogens is 396 g/mol. The van der Waals surface area contributed by atoms with Crippen molar-refractivity contribution in [2.75, 3.05) is 32.0 Å². The largest absolute Gasteiger partial charge is 0.497 e. The number of carbonyl (C=O) groups is 1. The Labute approximate surface area is 181 Å². The highest BCUT2D eigenvalue weighted by Gasteiger charge is 2.15. The Morgan fingerprint density at radius 1 is 0.742 bits per heavy atom. The molecule has 3 aromatic rings. The third kappa shape index (κ3) is 5.82. The third-order valence-electron chi connectivity index (χ3n) is 4.56. The maximum Gasteiger partial charge on any atom is 0.246 e. The zero-order valence-corrected chi connectivity index (χ0v) is 18.0. The second kappa shape index (κ2) is 10.2. The minimum Gasteiger partial charge on any atom is -0.497 e. The van der Waals surface area contributed by atoms with Crippen LogP contribution < -0.4 is 29.6 Å². The highest BCUT2D eigenvalue weighted by Crippen LogP contribution is 2.34. The predicted molar refractivity (Wildman–Crippen MR) is 121 cm³/mol. The summed E-state index contributed by atoms with van der Waals surface area (Å²) in [6.45, 7) is 1.78. The van der Waals surface area contributed by atoms with Gasteiger partial charge in [0, 0.05) is 23.5 Å². The molecule has 3 rings (SSSR count). The third-order valence-corrected chi connectivity index (χ3v) is 4.56. The first-order chi connectivity index (χ1) is 15.0. The number of carbonyl (C=O) groups excluding carboxylic acids is 1. The van der Waals surface area contributed by atoms with Crippen LogP contribution in [-0.4, -0.2) is 33.3 Å². The summed E-state index contributed by atoms with van der Waals surface area (Å²) in [5.41, 5.74) is 1.38. The molecule has 0 saturated heterocycles. The number of benzene rings is 3. The van der Waals surface area contributed by atoms with Crippen LogP contribution in [0.25, 0.3) is 0 Å². The summed E-state index contributed by atoms with van der Waals surface area (Å²) in [6, 6.07) is 19.4. The van der Waals surface area contributed by atoms with E-state index in [1.807, 2.05) is 42.5 Å². The Morgan fingerprint density at radius 2 is 1.45 bits per heavy atom. The summed E-state index contributed by atoms with van der Waals surface area (Å²) in [6.07, 6.45) is 0. The molecule has 0 aliphatic carbocycles. The normalized spacial score (nSPS) is 11.2. The van der Waals surface area contributed by atoms with Crippen molar-refractivity contribution in [1.29, 1.82) is 0 Å². The predicted octanol–water partition coefficient (Wildman–Crippen LogP) is 4.94. The van der Waals surface area contributed by atoms with Gasteiger partial charge in [-0.2, -0.15) is 0 Å². The van der Waals surface area contributed by atoms with Crippen LogP contribution in [-0.2, 0) is 4.79 Å². The van der Waals surface area contributed by atoms with Crippen LogP contribution in [0.3, 0.4) is 0 Å². The van der Waals surface area contributed by atoms with Crippen LogP contribution in [0.1, 0.15) is 6.92 Å². The van der Waals surface area contributed by atoms with E-state index in [9.17, 15) is 4.79 Å². The molecule has 0 aromatic heterocycles. The number of ether oxygens (including phenoxy) is 4. The lowest BCUT2D eigenvalue weighted by molar-refractivity contribution is -0.116. The maximum atomic E-state index is 12.6. The highest BCUT2D eigenvalue weighted by molar-refractivity contribution is 5.96. The van der Waals surface area contributed by atoms with Crippen LogP contribution in [0.15, 0.2) is 66.7 Å². The average Bonchev–Trinajstić information content (AvgIpc) is 2.80. The Hall–Kier alpha value is -3.87. The first-order valence-electron chi connectivity index (χ1n) is 9.73. The van der Waals surface area contributed by atoms with Gasteiger partial charge < -0.3 is 29.6 Å². The van der Waals surface area contributed by atoms with Crippen molar-refractivity contribution in [1.82, 2.24) is 0 Å². The standard InChI is InChI=1S/C24H26N2O5/c1-16(24(27)26-17-6-5-7-21(14-17)29-3)25-18-8-13-22(30-4)23(15-18)31-20-11-9-19(28-2)10-12-20/h5-16,25H,1-4H3,(H,26,27)/t16-/m0/s1. The number of anilines is 2. The van der Waals surface area contributed by atoms with Crippen molar-refractivity contribution >= 4 is 17.3 Å². The van der Waals surface area contributed by atoms with Crippen molar-refractivity contribution in [3.8, 4) is 28.7 Å². The van der Waals surface area contributed by atoms with Gasteiger partial charge in [0.1, 0.15) is 23.3 Å². The highest BCUT2D eigenvalue weighted by atomic mass is 16.5. The van der Waals surface area contributed by atoms with Crippen LogP contribution in [0, 0.1) is 0 Å². The first kappa shape index (κ1) is 21.8. The van der Waals surface area contributed by atoms with E-state index in [0.717, 1.165) is 11.4 Å². The SMILES string of the molecule is COc1ccc(Oc2cc(N[C@@H](C)C(=O)Nc3cccc(OC)c3)ccc2OC)cc1. The molecule has 0 aliphatic rings. The van der Waals surface area contributed by atoms with Gasteiger partial charge in [-0.1, -0.05) is 6.07 Å². The van der Waals surface area contributed by atoms with Gasteiger partial charge in [0.15, 0.2) is 11.5 Å². The van der Waals surface area contributed by atoms with Gasteiger partial charge in [0.05, 0.1) is 21.3 Å². The van der Waals surface area contributed by atoms with Crippen LogP contribution in [0.5, 0.6) is 28.7 Å². The van der Waals surface area contributed by atoms with Gasteiger partial charge in [-0.25, -0.2) is 0 Å². The van der Waals surface area contributed by atoms with E-state index >= 15 is 0 Å². The molecule has 0 aliphatic heterocycles. The van der Waals surface area contributed by atoms with E-state index < -0.39 is 6.04 Å². The lowest BCUT2D eigenvalue weighted by Gasteiger charge is -2.17. The number of hydrogen-bond donors (Lipinski definition) is 2. The summed E-state index contributed by atoms with van der Waals surface area (Å²) in [5.74, 6) is 2.98. The lowest BCUT2D eigenvalue weighted by Crippen LogP contribution is -2.31. The number of amides is 1. The lowest BCUT2D eigenvalue weighted by atomic mass is 10.2. The Bertz CT molecular complexity index is 1020. The Kier molecular flexibility index (Phi) is 7.22. The monoisotopic (exact) mass is 422 g/mol. The number of nitrogens with one attached hydrogen (secondary N) is 2. The maximum absolute atomic E-state index is 12.6. The zero-order valence-electron chi connectivity index (χ0n) is 18.0. The van der Waals surface area contributed by atoms with E-state index in [1.165, 1.54) is 0 Å². The van der Waals surface area contributed by atoms with Crippen molar-refractivity contribution in [3.63, 3.8) is 0 Å². The van der Waals surface area contributed by atoms with E-state index in [2.05, 4.69) is 10.6 Å². The molecule has 1 amide bonds. The molecule has 0 bridgehead atoms. The van der Waals surface area contributed by atoms with Crippen LogP contribution in [0.4, 0.5) is 11.4 Å². The number of rotatable bonds is 9. The summed E-state index contributed by atoms with van der Waals surface area (Å²) in [7, 11) is 4.77. The minimum atomic E-state index is -0.492. The molecule has 162 valence electrons. The van der Waals surface area contributed by atoms with Gasteiger partial charge in [-0.3, -0.25) is 4.79 Å². The Morgan fingerprint density at radius 3 is 2.13 bits per heavy atom. The molecule has 1 atom stereocenters. The van der Waals surface area contributed by atoms with Crippen LogP contribution >= 0.6 is 0 Å². The summed E-state index contributed by atoms with van der Waals surface area (Å²) in [5, 5.41) is 6.06. The molecule has 31 heavy (non-hydrogen) atoms. The van der Waals surface area contributed by atoms with E-state index in [1.54, 1.807) is 52.5 Å². The quantitative estimate of drug-likeness (QED) is 0.508. The fourth-order valence-corrected chi connectivity index (χ4v) is 2.88.